The molecular formula is C67H81F2N8O13PS2. The van der Waals surface area contributed by atoms with Gasteiger partial charge in [0.25, 0.3) is 11.8 Å². The largest absolute Gasteiger partial charge is 0.484 e. The Balaban J connectivity index is 0.786. The number of hydrogen-bond acceptors (Lipinski definition) is 14. The van der Waals surface area contributed by atoms with Crippen molar-refractivity contribution in [1.82, 2.24) is 41.0 Å². The zero-order chi connectivity index (χ0) is 67.3. The number of unbranched alkanes of at least 4 members (excludes halogenated alkanes) is 2. The number of aromatic nitrogens is 1. The van der Waals surface area contributed by atoms with Crippen molar-refractivity contribution in [3.8, 4) is 16.2 Å². The smallest absolute Gasteiger partial charge is 0.399 e. The van der Waals surface area contributed by atoms with Crippen LogP contribution in [0.25, 0.3) is 20.5 Å². The van der Waals surface area contributed by atoms with Gasteiger partial charge in [0.05, 0.1) is 46.3 Å². The third-order valence-electron chi connectivity index (χ3n) is 17.1. The Labute approximate surface area is 547 Å². The van der Waals surface area contributed by atoms with Crippen molar-refractivity contribution < 1.29 is 71.3 Å². The van der Waals surface area contributed by atoms with Crippen molar-refractivity contribution in [2.24, 2.45) is 10.8 Å². The van der Waals surface area contributed by atoms with Crippen molar-refractivity contribution >= 4 is 81.7 Å². The lowest BCUT2D eigenvalue weighted by molar-refractivity contribution is -0.153. The SMILES string of the molecule is Cc1ncsc1-c1ccc([C@H](C)NC(=O)[C@@H]2C[C@@H](O)CN2C(=O)[C@@H](NC(=O)CCCCCNC(=O)COc2ccc3c(c2)CN(C(=O)[C@@H](NC(=O)c2cc4cc(C(F)(F)P(=O)(O)O)ccc4s2)C(C)(C)C)[C@H](C(=O)N2CCO[C@H](c4ccccc4)C2)C3)C(C)(C)C)cc1. The van der Waals surface area contributed by atoms with E-state index in [2.05, 4.69) is 26.3 Å². The Hall–Kier alpha value is -7.51. The van der Waals surface area contributed by atoms with Crippen LogP contribution in [0.4, 0.5) is 8.78 Å². The lowest BCUT2D eigenvalue weighted by Gasteiger charge is -2.43. The van der Waals surface area contributed by atoms with E-state index in [0.717, 1.165) is 56.3 Å². The van der Waals surface area contributed by atoms with Crippen LogP contribution in [-0.2, 0) is 56.7 Å². The quantitative estimate of drug-likeness (QED) is 0.0247. The standard InChI is InChI=1S/C67H81F2N8O13PS2/c1-39(41-18-20-43(21-19-41)57-40(2)71-38-92-57)72-60(81)50-33-48(78)35-77(50)63(84)58(65(3,4)5)73-55(79)17-13-10-14-26-70-56(80)37-90-49-24-22-44-31-51(62(83)75-27-28-89-52(36-75)42-15-11-9-12-16-42)76(34-46(44)30-49)64(85)59(66(6,7)8)74-61(82)54-32-45-29-47(23-25-53(45)93-54)67(68,69)91(86,87)88/h9,11-12,15-16,18-25,29-30,32,38-39,48,50-52,58-59,78H,10,13-14,17,26-28,31,33-37H2,1-8H3,(H,70,80)(H,72,81)(H,73,79)(H,74,82)(H2,86,87,88)/t39-,48+,50-,51-,52-,58+,59+/m0/s1. The van der Waals surface area contributed by atoms with Crippen LogP contribution in [0.15, 0.2) is 103 Å². The van der Waals surface area contributed by atoms with E-state index >= 15 is 4.79 Å². The molecule has 9 rings (SSSR count). The molecule has 3 aliphatic rings. The minimum atomic E-state index is -5.88. The summed E-state index contributed by atoms with van der Waals surface area (Å²) >= 11 is 2.49. The van der Waals surface area contributed by atoms with E-state index in [1.807, 2.05) is 89.2 Å². The van der Waals surface area contributed by atoms with E-state index in [-0.39, 0.29) is 87.3 Å². The maximum Gasteiger partial charge on any atom is 0.399 e. The van der Waals surface area contributed by atoms with E-state index in [1.165, 1.54) is 21.9 Å². The highest BCUT2D eigenvalue weighted by Crippen LogP contribution is 2.59. The number of thiazole rings is 1. The molecule has 7 amide bonds. The van der Waals surface area contributed by atoms with Crippen LogP contribution in [0.1, 0.15) is 136 Å². The molecule has 26 heteroatoms. The average molecular weight is 1340 g/mol. The van der Waals surface area contributed by atoms with Gasteiger partial charge in [-0.3, -0.25) is 38.1 Å². The molecule has 5 heterocycles. The highest BCUT2D eigenvalue weighted by Gasteiger charge is 2.51. The fraction of sp³-hybridized carbons (Fsp3) is 0.463. The van der Waals surface area contributed by atoms with E-state index in [4.69, 9.17) is 9.47 Å². The van der Waals surface area contributed by atoms with Gasteiger partial charge in [-0.1, -0.05) is 115 Å². The first-order chi connectivity index (χ1) is 43.9. The first-order valence-electron chi connectivity index (χ1n) is 31.0. The third-order valence-corrected chi connectivity index (χ3v) is 20.2. The average Bonchev–Trinajstić information content (AvgIpc) is 1.61. The predicted octanol–water partition coefficient (Wildman–Crippen LogP) is 8.68. The number of carbonyl (C=O) groups excluding carboxylic acids is 7. The van der Waals surface area contributed by atoms with Crippen molar-refractivity contribution in [3.05, 3.63) is 141 Å². The minimum absolute atomic E-state index is 0.0416. The van der Waals surface area contributed by atoms with E-state index < -0.39 is 102 Å². The van der Waals surface area contributed by atoms with Gasteiger partial charge in [-0.05, 0) is 101 Å². The van der Waals surface area contributed by atoms with E-state index in [0.29, 0.717) is 35.3 Å². The van der Waals surface area contributed by atoms with Gasteiger partial charge < -0.3 is 60.3 Å². The molecule has 0 unspecified atom stereocenters. The highest BCUT2D eigenvalue weighted by molar-refractivity contribution is 7.52. The number of nitrogens with zero attached hydrogens (tertiary/aromatic N) is 4. The summed E-state index contributed by atoms with van der Waals surface area (Å²) in [5, 5.41) is 22.5. The second kappa shape index (κ2) is 29.0. The molecule has 498 valence electrons. The van der Waals surface area contributed by atoms with Crippen LogP contribution in [0.2, 0.25) is 0 Å². The van der Waals surface area contributed by atoms with Gasteiger partial charge in [0.1, 0.15) is 36.0 Å². The number of aliphatic hydroxyl groups is 1. The minimum Gasteiger partial charge on any atom is -0.484 e. The number of aryl methyl sites for hydroxylation is 1. The first-order valence-corrected chi connectivity index (χ1v) is 34.3. The van der Waals surface area contributed by atoms with Gasteiger partial charge in [0.2, 0.25) is 29.5 Å². The second-order valence-electron chi connectivity index (χ2n) is 26.2. The Morgan fingerprint density at radius 1 is 0.796 bits per heavy atom. The predicted molar refractivity (Wildman–Crippen MR) is 348 cm³/mol. The Bertz CT molecular complexity index is 3780. The molecule has 2 saturated heterocycles. The summed E-state index contributed by atoms with van der Waals surface area (Å²) in [6.45, 7) is 15.0. The molecule has 6 aromatic rings. The summed E-state index contributed by atoms with van der Waals surface area (Å²) in [4.78, 5) is 127. The van der Waals surface area contributed by atoms with Crippen molar-refractivity contribution in [2.45, 2.75) is 149 Å². The van der Waals surface area contributed by atoms with Crippen LogP contribution in [-0.4, -0.2) is 146 Å². The molecule has 7 atom stereocenters. The van der Waals surface area contributed by atoms with Crippen LogP contribution in [0.3, 0.4) is 0 Å². The summed E-state index contributed by atoms with van der Waals surface area (Å²) in [6.07, 6.45) is 0.452. The van der Waals surface area contributed by atoms with Gasteiger partial charge in [-0.2, -0.15) is 8.78 Å². The number of rotatable bonds is 22. The molecule has 2 aromatic heterocycles. The zero-order valence-electron chi connectivity index (χ0n) is 53.3. The van der Waals surface area contributed by atoms with Gasteiger partial charge in [-0.25, -0.2) is 4.98 Å². The molecule has 3 aliphatic heterocycles. The number of nitrogens with one attached hydrogen (secondary N) is 4. The second-order valence-corrected chi connectivity index (χ2v) is 29.8. The number of β-amino-alcohol motifs (C(OH)–C–C–N with tert-alkyl or cyclic N) is 1. The van der Waals surface area contributed by atoms with E-state index in [9.17, 15) is 57.0 Å². The summed E-state index contributed by atoms with van der Waals surface area (Å²) in [5.41, 5.74) is -0.207. The van der Waals surface area contributed by atoms with Gasteiger partial charge in [0, 0.05) is 55.7 Å². The maximum atomic E-state index is 15.2. The van der Waals surface area contributed by atoms with Crippen molar-refractivity contribution in [3.63, 3.8) is 0 Å². The Kier molecular flexibility index (Phi) is 21.8. The summed E-state index contributed by atoms with van der Waals surface area (Å²) in [6, 6.07) is 22.3. The lowest BCUT2D eigenvalue weighted by Crippen LogP contribution is -2.61. The molecule has 2 fully saturated rings. The van der Waals surface area contributed by atoms with Gasteiger partial charge in [0.15, 0.2) is 6.61 Å². The van der Waals surface area contributed by atoms with Crippen LogP contribution in [0, 0.1) is 17.8 Å². The van der Waals surface area contributed by atoms with Gasteiger partial charge in [-0.15, -0.1) is 22.7 Å². The summed E-state index contributed by atoms with van der Waals surface area (Å²) < 4.78 is 53.5. The number of morpholine rings is 1. The molecule has 0 radical (unpaired) electrons. The van der Waals surface area contributed by atoms with Crippen LogP contribution >= 0.6 is 30.3 Å². The molecule has 4 aromatic carbocycles. The highest BCUT2D eigenvalue weighted by atomic mass is 32.1. The number of carbonyl (C=O) groups is 7. The lowest BCUT2D eigenvalue weighted by atomic mass is 9.84. The van der Waals surface area contributed by atoms with E-state index in [1.54, 1.807) is 60.7 Å². The summed E-state index contributed by atoms with van der Waals surface area (Å²) in [5.74, 6) is -2.93. The number of amides is 7. The maximum absolute atomic E-state index is 15.2. The fourth-order valence-electron chi connectivity index (χ4n) is 11.8. The molecule has 93 heavy (non-hydrogen) atoms. The monoisotopic (exact) mass is 1340 g/mol. The number of alkyl halides is 2. The number of hydrogen-bond donors (Lipinski definition) is 7. The number of benzene rings is 4. The first kappa shape index (κ1) is 69.8. The number of aliphatic hydroxyl groups excluding tert-OH is 1. The summed E-state index contributed by atoms with van der Waals surface area (Å²) in [7, 11) is -5.88. The number of likely N-dealkylation sites (tertiary alicyclic amines) is 1. The molecular weight excluding hydrogens is 1260 g/mol. The normalized spacial score (nSPS) is 18.9. The Morgan fingerprint density at radius 2 is 1.49 bits per heavy atom. The number of thiophene rings is 1. The third kappa shape index (κ3) is 16.7. The molecule has 0 saturated carbocycles. The number of fused-ring (bicyclic) bond motifs is 2. The number of ether oxygens (including phenoxy) is 2. The van der Waals surface area contributed by atoms with Crippen molar-refractivity contribution in [2.75, 3.05) is 39.4 Å². The van der Waals surface area contributed by atoms with Crippen molar-refractivity contribution in [1.29, 1.82) is 0 Å². The molecule has 0 bridgehead atoms. The fourth-order valence-corrected chi connectivity index (χ4v) is 14.1. The molecule has 0 spiro atoms. The topological polar surface area (TPSA) is 286 Å². The zero-order valence-corrected chi connectivity index (χ0v) is 55.8. The van der Waals surface area contributed by atoms with Crippen LogP contribution in [0.5, 0.6) is 5.75 Å². The molecule has 21 nitrogen and oxygen atoms in total. The van der Waals surface area contributed by atoms with Crippen LogP contribution < -0.4 is 26.0 Å². The molecule has 0 aliphatic carbocycles. The molecule has 7 N–H and O–H groups in total. The Morgan fingerprint density at radius 3 is 2.17 bits per heavy atom. The van der Waals surface area contributed by atoms with Gasteiger partial charge >= 0.3 is 13.3 Å². The number of halogens is 2.